The second kappa shape index (κ2) is 11.9. The number of carbonyl (C=O) groups is 3. The number of aldehydes is 1. The summed E-state index contributed by atoms with van der Waals surface area (Å²) in [4.78, 5) is 46.1. The third kappa shape index (κ3) is 6.06. The van der Waals surface area contributed by atoms with E-state index in [0.717, 1.165) is 37.4 Å². The van der Waals surface area contributed by atoms with Gasteiger partial charge in [-0.05, 0) is 43.2 Å². The molecule has 1 aromatic heterocycles. The Morgan fingerprint density at radius 3 is 2.64 bits per heavy atom. The van der Waals surface area contributed by atoms with Gasteiger partial charge >= 0.3 is 0 Å². The monoisotopic (exact) mass is 532 g/mol. The fourth-order valence-electron chi connectivity index (χ4n) is 4.12. The Hall–Kier alpha value is -5.13. The second-order valence-electron chi connectivity index (χ2n) is 8.48. The molecule has 12 heteroatoms. The van der Waals surface area contributed by atoms with Crippen molar-refractivity contribution in [1.29, 1.82) is 0 Å². The Balaban J connectivity index is 1.65. The fourth-order valence-corrected chi connectivity index (χ4v) is 4.12. The normalized spacial score (nSPS) is 14.3. The van der Waals surface area contributed by atoms with Gasteiger partial charge in [-0.1, -0.05) is 6.58 Å². The van der Waals surface area contributed by atoms with Crippen LogP contribution in [0.2, 0.25) is 0 Å². The minimum absolute atomic E-state index is 0.0754. The molecule has 1 aliphatic rings. The van der Waals surface area contributed by atoms with E-state index < -0.39 is 11.8 Å². The summed E-state index contributed by atoms with van der Waals surface area (Å²) in [5, 5.41) is 5.69. The van der Waals surface area contributed by atoms with Crippen LogP contribution in [0.5, 0.6) is 23.1 Å². The van der Waals surface area contributed by atoms with Crippen molar-refractivity contribution in [3.8, 4) is 23.1 Å². The molecule has 0 aliphatic carbocycles. The van der Waals surface area contributed by atoms with E-state index >= 15 is 0 Å². The van der Waals surface area contributed by atoms with Gasteiger partial charge in [0.25, 0.3) is 5.91 Å². The van der Waals surface area contributed by atoms with Crippen molar-refractivity contribution in [1.82, 2.24) is 9.97 Å². The molecule has 0 saturated carbocycles. The zero-order chi connectivity index (χ0) is 27.9. The predicted molar refractivity (Wildman–Crippen MR) is 145 cm³/mol. The first-order chi connectivity index (χ1) is 18.9. The van der Waals surface area contributed by atoms with E-state index in [9.17, 15) is 14.4 Å². The Morgan fingerprint density at radius 1 is 1.13 bits per heavy atom. The first kappa shape index (κ1) is 26.9. The molecule has 1 saturated heterocycles. The molecule has 3 aromatic rings. The van der Waals surface area contributed by atoms with Gasteiger partial charge in [0.15, 0.2) is 5.75 Å². The molecule has 4 rings (SSSR count). The van der Waals surface area contributed by atoms with Crippen LogP contribution in [0.1, 0.15) is 23.2 Å². The van der Waals surface area contributed by atoms with Crippen LogP contribution in [-0.4, -0.2) is 54.9 Å². The van der Waals surface area contributed by atoms with E-state index in [-0.39, 0.29) is 34.9 Å². The quantitative estimate of drug-likeness (QED) is 0.247. The molecule has 4 N–H and O–H groups in total. The highest BCUT2D eigenvalue weighted by Crippen LogP contribution is 2.36. The molecule has 1 atom stereocenters. The summed E-state index contributed by atoms with van der Waals surface area (Å²) in [7, 11) is 3.01. The SMILES string of the molecule is C=CC(=O)Nc1cc(OC)ccc1Oc1nc(Nc2ccc(N3CCC[C@@H]3C=O)cc2OC)ncc1C(N)=O. The molecule has 2 amide bonds. The predicted octanol–water partition coefficient (Wildman–Crippen LogP) is 3.42. The summed E-state index contributed by atoms with van der Waals surface area (Å²) in [6, 6.07) is 10.0. The minimum atomic E-state index is -0.806. The molecule has 2 heterocycles. The van der Waals surface area contributed by atoms with E-state index in [2.05, 4.69) is 27.2 Å². The summed E-state index contributed by atoms with van der Waals surface area (Å²) < 4.78 is 16.7. The van der Waals surface area contributed by atoms with Crippen molar-refractivity contribution < 1.29 is 28.6 Å². The molecule has 0 radical (unpaired) electrons. The van der Waals surface area contributed by atoms with E-state index in [4.69, 9.17) is 19.9 Å². The van der Waals surface area contributed by atoms with Crippen LogP contribution in [0.15, 0.2) is 55.3 Å². The van der Waals surface area contributed by atoms with E-state index in [1.165, 1.54) is 20.4 Å². The number of hydrogen-bond acceptors (Lipinski definition) is 10. The molecule has 0 bridgehead atoms. The van der Waals surface area contributed by atoms with Gasteiger partial charge in [-0.2, -0.15) is 4.98 Å². The van der Waals surface area contributed by atoms with Gasteiger partial charge in [0.1, 0.15) is 23.3 Å². The number of methoxy groups -OCH3 is 2. The van der Waals surface area contributed by atoms with Crippen LogP contribution in [0, 0.1) is 0 Å². The van der Waals surface area contributed by atoms with Crippen LogP contribution in [0.4, 0.5) is 23.0 Å². The number of benzene rings is 2. The lowest BCUT2D eigenvalue weighted by Gasteiger charge is -2.24. The third-order valence-electron chi connectivity index (χ3n) is 6.08. The molecule has 202 valence electrons. The highest BCUT2D eigenvalue weighted by atomic mass is 16.5. The number of ether oxygens (including phenoxy) is 3. The zero-order valence-electron chi connectivity index (χ0n) is 21.5. The number of nitrogens with one attached hydrogen (secondary N) is 2. The first-order valence-corrected chi connectivity index (χ1v) is 12.0. The summed E-state index contributed by atoms with van der Waals surface area (Å²) >= 11 is 0. The number of rotatable bonds is 11. The van der Waals surface area contributed by atoms with Gasteiger partial charge in [0.05, 0.1) is 31.6 Å². The Labute approximate surface area is 224 Å². The highest BCUT2D eigenvalue weighted by molar-refractivity contribution is 6.00. The summed E-state index contributed by atoms with van der Waals surface area (Å²) in [6.07, 6.45) is 5.03. The van der Waals surface area contributed by atoms with Crippen LogP contribution in [0.25, 0.3) is 0 Å². The lowest BCUT2D eigenvalue weighted by atomic mass is 10.2. The zero-order valence-corrected chi connectivity index (χ0v) is 21.5. The largest absolute Gasteiger partial charge is 0.497 e. The lowest BCUT2D eigenvalue weighted by Crippen LogP contribution is -2.30. The van der Waals surface area contributed by atoms with Crippen LogP contribution in [0.3, 0.4) is 0 Å². The maximum absolute atomic E-state index is 12.1. The van der Waals surface area contributed by atoms with Crippen molar-refractivity contribution in [2.24, 2.45) is 5.73 Å². The Bertz CT molecular complexity index is 1410. The van der Waals surface area contributed by atoms with Gasteiger partial charge < -0.3 is 40.3 Å². The summed E-state index contributed by atoms with van der Waals surface area (Å²) in [5.74, 6) is -0.185. The number of carbonyl (C=O) groups excluding carboxylic acids is 3. The summed E-state index contributed by atoms with van der Waals surface area (Å²) in [6.45, 7) is 4.23. The molecule has 2 aromatic carbocycles. The average molecular weight is 533 g/mol. The van der Waals surface area contributed by atoms with E-state index in [1.807, 2.05) is 17.0 Å². The fraction of sp³-hybridized carbons (Fsp3) is 0.222. The molecular weight excluding hydrogens is 504 g/mol. The maximum Gasteiger partial charge on any atom is 0.255 e. The third-order valence-corrected chi connectivity index (χ3v) is 6.08. The number of amides is 2. The number of nitrogens with zero attached hydrogens (tertiary/aromatic N) is 3. The average Bonchev–Trinajstić information content (AvgIpc) is 3.43. The van der Waals surface area contributed by atoms with Gasteiger partial charge in [0, 0.05) is 30.6 Å². The van der Waals surface area contributed by atoms with Crippen LogP contribution in [-0.2, 0) is 9.59 Å². The molecule has 1 aliphatic heterocycles. The topological polar surface area (TPSA) is 158 Å². The first-order valence-electron chi connectivity index (χ1n) is 12.0. The number of hydrogen-bond donors (Lipinski definition) is 3. The second-order valence-corrected chi connectivity index (χ2v) is 8.48. The molecule has 39 heavy (non-hydrogen) atoms. The van der Waals surface area contributed by atoms with Crippen molar-refractivity contribution >= 4 is 41.1 Å². The van der Waals surface area contributed by atoms with Crippen LogP contribution < -0.4 is 35.5 Å². The van der Waals surface area contributed by atoms with E-state index in [1.54, 1.807) is 24.3 Å². The molecule has 0 spiro atoms. The van der Waals surface area contributed by atoms with Crippen molar-refractivity contribution in [3.63, 3.8) is 0 Å². The minimum Gasteiger partial charge on any atom is -0.497 e. The summed E-state index contributed by atoms with van der Waals surface area (Å²) in [5.41, 5.74) is 7.12. The molecular formula is C27H28N6O6. The number of nitrogens with two attached hydrogens (primary N) is 1. The Kier molecular flexibility index (Phi) is 8.24. The van der Waals surface area contributed by atoms with Gasteiger partial charge in [-0.15, -0.1) is 0 Å². The highest BCUT2D eigenvalue weighted by Gasteiger charge is 2.25. The molecule has 1 fully saturated rings. The van der Waals surface area contributed by atoms with Crippen molar-refractivity contribution in [2.45, 2.75) is 18.9 Å². The van der Waals surface area contributed by atoms with Crippen molar-refractivity contribution in [3.05, 3.63) is 60.8 Å². The standard InChI is InChI=1S/C27H28N6O6/c1-4-24(35)30-21-13-18(37-2)8-10-22(21)39-26-19(25(28)36)14-29-27(32-26)31-20-9-7-16(12-23(20)38-3)33-11-5-6-17(33)15-34/h4,7-10,12-15,17H,1,5-6,11H2,2-3H3,(H2,28,36)(H,30,35)(H,29,31,32)/t17-/m1/s1. The number of aromatic nitrogens is 2. The Morgan fingerprint density at radius 2 is 1.95 bits per heavy atom. The smallest absolute Gasteiger partial charge is 0.255 e. The van der Waals surface area contributed by atoms with Gasteiger partial charge in [-0.3, -0.25) is 9.59 Å². The number of anilines is 4. The van der Waals surface area contributed by atoms with Crippen LogP contribution >= 0.6 is 0 Å². The lowest BCUT2D eigenvalue weighted by molar-refractivity contribution is -0.112. The van der Waals surface area contributed by atoms with Gasteiger partial charge in [-0.25, -0.2) is 4.98 Å². The van der Waals surface area contributed by atoms with Gasteiger partial charge in [0.2, 0.25) is 17.7 Å². The molecule has 0 unspecified atom stereocenters. The van der Waals surface area contributed by atoms with E-state index in [0.29, 0.717) is 17.2 Å². The molecule has 12 nitrogen and oxygen atoms in total. The van der Waals surface area contributed by atoms with Crippen molar-refractivity contribution in [2.75, 3.05) is 36.3 Å². The maximum atomic E-state index is 12.1. The number of primary amides is 1.